The third-order valence-electron chi connectivity index (χ3n) is 10.3. The minimum absolute atomic E-state index is 0.0270. The minimum Gasteiger partial charge on any atom is -0.462 e. The second-order valence-electron chi connectivity index (χ2n) is 15.8. The molecule has 0 bridgehead atoms. The summed E-state index contributed by atoms with van der Waals surface area (Å²) >= 11 is 0. The fraction of sp³-hybridized carbons (Fsp3) is 0.692. The highest BCUT2D eigenvalue weighted by Crippen LogP contribution is 2.16. The number of carbonyl (C=O) groups is 2. The Balaban J connectivity index is 4.77. The Kier molecular flexibility index (Phi) is 42.8. The summed E-state index contributed by atoms with van der Waals surface area (Å²) in [5.74, 6) is -0.561. The van der Waals surface area contributed by atoms with Gasteiger partial charge in [-0.15, -0.1) is 0 Å². The molecule has 58 heavy (non-hydrogen) atoms. The molecule has 0 aromatic heterocycles. The molecule has 6 nitrogen and oxygen atoms in total. The van der Waals surface area contributed by atoms with Gasteiger partial charge in [0.1, 0.15) is 6.10 Å². The van der Waals surface area contributed by atoms with Gasteiger partial charge in [0.25, 0.3) is 0 Å². The molecule has 0 aromatic rings. The van der Waals surface area contributed by atoms with E-state index in [2.05, 4.69) is 111 Å². The Morgan fingerprint density at radius 3 is 1.62 bits per heavy atom. The molecule has 6 heteroatoms. The van der Waals surface area contributed by atoms with E-state index in [-0.39, 0.29) is 24.9 Å². The zero-order valence-electron chi connectivity index (χ0n) is 37.6. The summed E-state index contributed by atoms with van der Waals surface area (Å²) < 4.78 is 5.88. The average Bonchev–Trinajstić information content (AvgIpc) is 3.22. The fourth-order valence-corrected chi connectivity index (χ4v) is 6.65. The van der Waals surface area contributed by atoms with E-state index in [1.807, 2.05) is 0 Å². The van der Waals surface area contributed by atoms with Crippen molar-refractivity contribution >= 4 is 11.9 Å². The van der Waals surface area contributed by atoms with Crippen molar-refractivity contribution in [3.05, 3.63) is 85.1 Å². The lowest BCUT2D eigenvalue weighted by Crippen LogP contribution is -2.46. The van der Waals surface area contributed by atoms with Crippen molar-refractivity contribution in [2.24, 2.45) is 0 Å². The highest BCUT2D eigenvalue weighted by atomic mass is 16.5. The first-order chi connectivity index (χ1) is 28.5. The molecule has 332 valence electrons. The lowest BCUT2D eigenvalue weighted by molar-refractivity contribution is -0.151. The maximum absolute atomic E-state index is 13.1. The van der Waals surface area contributed by atoms with Crippen molar-refractivity contribution in [1.82, 2.24) is 5.32 Å². The van der Waals surface area contributed by atoms with Gasteiger partial charge in [-0.3, -0.25) is 9.59 Å². The highest BCUT2D eigenvalue weighted by molar-refractivity contribution is 5.77. The van der Waals surface area contributed by atoms with Crippen molar-refractivity contribution in [3.8, 4) is 0 Å². The second kappa shape index (κ2) is 45.1. The zero-order valence-corrected chi connectivity index (χ0v) is 37.6. The molecule has 1 amide bonds. The van der Waals surface area contributed by atoms with Crippen molar-refractivity contribution in [2.45, 2.75) is 225 Å². The number of rotatable bonds is 41. The number of amides is 1. The maximum atomic E-state index is 13.1. The quantitative estimate of drug-likeness (QED) is 0.0247. The lowest BCUT2D eigenvalue weighted by atomic mass is 10.0. The number of hydrogen-bond donors (Lipinski definition) is 3. The smallest absolute Gasteiger partial charge is 0.306 e. The zero-order chi connectivity index (χ0) is 42.4. The molecule has 0 heterocycles. The molecule has 0 spiro atoms. The first-order valence-electron chi connectivity index (χ1n) is 23.8. The highest BCUT2D eigenvalue weighted by Gasteiger charge is 2.24. The van der Waals surface area contributed by atoms with Crippen LogP contribution in [0.2, 0.25) is 0 Å². The van der Waals surface area contributed by atoms with Gasteiger partial charge >= 0.3 is 5.97 Å². The molecule has 0 aromatic carbocycles. The monoisotopic (exact) mass is 808 g/mol. The lowest BCUT2D eigenvalue weighted by Gasteiger charge is -2.24. The Hall–Kier alpha value is -2.96. The van der Waals surface area contributed by atoms with E-state index < -0.39 is 18.2 Å². The van der Waals surface area contributed by atoms with E-state index in [9.17, 15) is 19.8 Å². The molecular formula is C52H89NO5. The van der Waals surface area contributed by atoms with Crippen LogP contribution in [0.25, 0.3) is 0 Å². The van der Waals surface area contributed by atoms with Gasteiger partial charge in [0.15, 0.2) is 0 Å². The standard InChI is InChI=1S/C52H89NO5/c1-4-7-10-13-16-19-21-23-24-25-26-28-29-32-34-37-40-43-48(58-52(57)45-42-39-36-33-30-27-22-20-17-14-11-8-5-2)46-51(56)53-49(47-54)50(55)44-41-38-35-31-18-15-12-9-6-3/h8,11,14,16-17,19-20,22-24,26,28,32,34,48-50,54-55H,4-7,9-10,12-13,15,18,21,25,27,29-31,33,35-47H2,1-3H3,(H,53,56)/b11-8+,17-14+,19-16-,22-20-,24-23-,28-26-,34-32-. The molecule has 3 atom stereocenters. The van der Waals surface area contributed by atoms with Gasteiger partial charge in [-0.1, -0.05) is 196 Å². The van der Waals surface area contributed by atoms with E-state index in [0.717, 1.165) is 96.3 Å². The van der Waals surface area contributed by atoms with E-state index in [0.29, 0.717) is 19.3 Å². The van der Waals surface area contributed by atoms with E-state index >= 15 is 0 Å². The summed E-state index contributed by atoms with van der Waals surface area (Å²) in [6.07, 6.45) is 57.9. The van der Waals surface area contributed by atoms with Gasteiger partial charge in [0.05, 0.1) is 25.2 Å². The summed E-state index contributed by atoms with van der Waals surface area (Å²) in [6.45, 7) is 6.26. The summed E-state index contributed by atoms with van der Waals surface area (Å²) in [5, 5.41) is 23.6. The number of unbranched alkanes of at least 4 members (excludes halogenated alkanes) is 17. The van der Waals surface area contributed by atoms with Crippen molar-refractivity contribution in [1.29, 1.82) is 0 Å². The average molecular weight is 808 g/mol. The van der Waals surface area contributed by atoms with E-state index in [1.165, 1.54) is 64.2 Å². The molecule has 0 aliphatic rings. The molecule has 0 fully saturated rings. The number of aliphatic hydroxyl groups is 2. The summed E-state index contributed by atoms with van der Waals surface area (Å²) in [7, 11) is 0. The Bertz CT molecular complexity index is 1130. The van der Waals surface area contributed by atoms with Crippen LogP contribution < -0.4 is 5.32 Å². The van der Waals surface area contributed by atoms with E-state index in [1.54, 1.807) is 0 Å². The molecule has 3 unspecified atom stereocenters. The van der Waals surface area contributed by atoms with Gasteiger partial charge in [-0.2, -0.15) is 0 Å². The molecule has 0 radical (unpaired) electrons. The van der Waals surface area contributed by atoms with Crippen LogP contribution in [-0.4, -0.2) is 46.9 Å². The van der Waals surface area contributed by atoms with Gasteiger partial charge in [0, 0.05) is 6.42 Å². The van der Waals surface area contributed by atoms with Crippen molar-refractivity contribution in [2.75, 3.05) is 6.61 Å². The predicted octanol–water partition coefficient (Wildman–Crippen LogP) is 14.0. The molecular weight excluding hydrogens is 719 g/mol. The topological polar surface area (TPSA) is 95.9 Å². The minimum atomic E-state index is -0.808. The number of allylic oxidation sites excluding steroid dienone is 14. The van der Waals surface area contributed by atoms with Gasteiger partial charge in [0.2, 0.25) is 5.91 Å². The Morgan fingerprint density at radius 1 is 0.534 bits per heavy atom. The van der Waals surface area contributed by atoms with Gasteiger partial charge < -0.3 is 20.3 Å². The van der Waals surface area contributed by atoms with E-state index in [4.69, 9.17) is 4.74 Å². The molecule has 0 aliphatic heterocycles. The Labute approximate surface area is 357 Å². The number of esters is 1. The van der Waals surface area contributed by atoms with Crippen LogP contribution in [0.4, 0.5) is 0 Å². The second-order valence-corrected chi connectivity index (χ2v) is 15.8. The SMILES string of the molecule is CC/C=C/C=C/C=C\CCCCCCCC(=O)OC(CCC/C=C\C/C=C\C/C=C\C/C=C\CCCCC)CC(=O)NC(CO)C(O)CCCCCCCCCCC. The van der Waals surface area contributed by atoms with Crippen molar-refractivity contribution < 1.29 is 24.5 Å². The summed E-state index contributed by atoms with van der Waals surface area (Å²) in [6, 6.07) is -0.726. The molecule has 3 N–H and O–H groups in total. The molecule has 0 saturated heterocycles. The molecule has 0 aliphatic carbocycles. The normalized spacial score (nSPS) is 14.1. The summed E-state index contributed by atoms with van der Waals surface area (Å²) in [5.41, 5.74) is 0. The number of ether oxygens (including phenoxy) is 1. The first kappa shape index (κ1) is 55.0. The van der Waals surface area contributed by atoms with Gasteiger partial charge in [-0.25, -0.2) is 0 Å². The Morgan fingerprint density at radius 2 is 1.02 bits per heavy atom. The first-order valence-corrected chi connectivity index (χ1v) is 23.8. The van der Waals surface area contributed by atoms with Crippen LogP contribution in [0.15, 0.2) is 85.1 Å². The number of hydrogen-bond acceptors (Lipinski definition) is 5. The maximum Gasteiger partial charge on any atom is 0.306 e. The van der Waals surface area contributed by atoms with Crippen LogP contribution in [0.3, 0.4) is 0 Å². The van der Waals surface area contributed by atoms with Gasteiger partial charge in [-0.05, 0) is 83.5 Å². The number of nitrogens with one attached hydrogen (secondary N) is 1. The number of carbonyl (C=O) groups excluding carboxylic acids is 2. The van der Waals surface area contributed by atoms with Crippen LogP contribution in [0.5, 0.6) is 0 Å². The third-order valence-corrected chi connectivity index (χ3v) is 10.3. The van der Waals surface area contributed by atoms with Crippen molar-refractivity contribution in [3.63, 3.8) is 0 Å². The summed E-state index contributed by atoms with van der Waals surface area (Å²) in [4.78, 5) is 26.0. The fourth-order valence-electron chi connectivity index (χ4n) is 6.65. The van der Waals surface area contributed by atoms with Crippen LogP contribution in [-0.2, 0) is 14.3 Å². The number of aliphatic hydroxyl groups excluding tert-OH is 2. The molecule has 0 saturated carbocycles. The van der Waals surface area contributed by atoms with Crippen LogP contribution in [0, 0.1) is 0 Å². The molecule has 0 rings (SSSR count). The van der Waals surface area contributed by atoms with Crippen LogP contribution in [0.1, 0.15) is 207 Å². The third kappa shape index (κ3) is 39.8. The predicted molar refractivity (Wildman–Crippen MR) is 250 cm³/mol. The largest absolute Gasteiger partial charge is 0.462 e. The van der Waals surface area contributed by atoms with Crippen LogP contribution >= 0.6 is 0 Å².